The van der Waals surface area contributed by atoms with Gasteiger partial charge in [-0.05, 0) is 55.6 Å². The van der Waals surface area contributed by atoms with Gasteiger partial charge in [-0.2, -0.15) is 0 Å². The smallest absolute Gasteiger partial charge is 0.407 e. The number of esters is 1. The molecule has 5 heterocycles. The van der Waals surface area contributed by atoms with E-state index in [0.29, 0.717) is 11.1 Å². The van der Waals surface area contributed by atoms with Crippen molar-refractivity contribution in [2.75, 3.05) is 33.0 Å². The van der Waals surface area contributed by atoms with Crippen LogP contribution in [-0.2, 0) is 135 Å². The zero-order valence-corrected chi connectivity index (χ0v) is 64.7. The average molecular weight is 1590 g/mol. The summed E-state index contributed by atoms with van der Waals surface area (Å²) in [5.41, 5.74) is 9.33. The molecule has 25 heteroatoms. The van der Waals surface area contributed by atoms with Gasteiger partial charge < -0.3 is 96.8 Å². The van der Waals surface area contributed by atoms with Crippen LogP contribution in [0.5, 0.6) is 0 Å². The van der Waals surface area contributed by atoms with Crippen molar-refractivity contribution in [2.45, 2.75) is 176 Å². The summed E-state index contributed by atoms with van der Waals surface area (Å²) in [5, 5.41) is 19.5. The second-order valence-electron chi connectivity index (χ2n) is 29.7. The van der Waals surface area contributed by atoms with E-state index >= 15 is 4.79 Å². The van der Waals surface area contributed by atoms with Crippen LogP contribution in [0, 0.1) is 0 Å². The Bertz CT molecular complexity index is 4660. The Morgan fingerprint density at radius 1 is 0.496 bits per heavy atom. The Labute approximate surface area is 678 Å². The van der Waals surface area contributed by atoms with Crippen molar-refractivity contribution < 1.29 is 105 Å². The fourth-order valence-corrected chi connectivity index (χ4v) is 15.9. The molecule has 117 heavy (non-hydrogen) atoms. The van der Waals surface area contributed by atoms with Crippen LogP contribution in [0.25, 0.3) is 11.1 Å². The van der Waals surface area contributed by atoms with E-state index in [2.05, 4.69) is 16.0 Å². The maximum Gasteiger partial charge on any atom is 0.407 e. The Hall–Kier alpha value is -10.4. The van der Waals surface area contributed by atoms with Gasteiger partial charge in [-0.25, -0.2) is 14.4 Å². The molecule has 9 aromatic rings. The van der Waals surface area contributed by atoms with Crippen LogP contribution in [0.2, 0.25) is 0 Å². The summed E-state index contributed by atoms with van der Waals surface area (Å²) >= 11 is 0. The van der Waals surface area contributed by atoms with Crippen LogP contribution in [0.15, 0.2) is 261 Å². The van der Waals surface area contributed by atoms with Crippen molar-refractivity contribution in [3.63, 3.8) is 0 Å². The number of aliphatic carboxylic acids is 1. The second kappa shape index (κ2) is 39.2. The first kappa shape index (κ1) is 81.7. The predicted molar refractivity (Wildman–Crippen MR) is 422 cm³/mol. The number of carboxylic acid groups (broad SMARTS) is 1. The second-order valence-corrected chi connectivity index (χ2v) is 29.7. The van der Waals surface area contributed by atoms with Crippen LogP contribution in [0.3, 0.4) is 0 Å². The van der Waals surface area contributed by atoms with Gasteiger partial charge in [0.2, 0.25) is 11.8 Å². The largest absolute Gasteiger partial charge is 0.480 e. The Morgan fingerprint density at radius 3 is 1.58 bits per heavy atom. The van der Waals surface area contributed by atoms with Gasteiger partial charge in [0.1, 0.15) is 67.6 Å². The quantitative estimate of drug-likeness (QED) is 0.0273. The molecule has 1 aliphatic carbocycles. The lowest BCUT2D eigenvalue weighted by Crippen LogP contribution is -2.75. The molecule has 18 atom stereocenters. The lowest BCUT2D eigenvalue weighted by molar-refractivity contribution is -0.414. The molecule has 0 saturated carbocycles. The number of ether oxygens (including phenoxy) is 16. The van der Waals surface area contributed by atoms with Crippen molar-refractivity contribution in [3.05, 3.63) is 311 Å². The van der Waals surface area contributed by atoms with E-state index in [1.165, 1.54) is 13.8 Å². The fraction of sp³-hybridized carbons (Fsp3) is 0.359. The van der Waals surface area contributed by atoms with E-state index in [4.69, 9.17) is 75.8 Å². The number of nitrogens with one attached hydrogen (secondary N) is 3. The number of rotatable bonds is 34. The molecule has 0 bridgehead atoms. The molecule has 1 spiro atoms. The van der Waals surface area contributed by atoms with Crippen LogP contribution in [-0.4, -0.2) is 172 Å². The normalized spacial score (nSPS) is 26.0. The molecule has 5 aliphatic heterocycles. The molecular weight excluding hydrogens is 1500 g/mol. The van der Waals surface area contributed by atoms with E-state index in [-0.39, 0.29) is 72.0 Å². The number of alkyl carbamates (subject to hydrolysis) is 1. The Morgan fingerprint density at radius 2 is 1.01 bits per heavy atom. The summed E-state index contributed by atoms with van der Waals surface area (Å²) in [7, 11) is 0. The lowest BCUT2D eigenvalue weighted by Gasteiger charge is -2.56. The SMILES string of the molecule is CC(=O)N[C@H]1[C@@H](OCC(NC(=O)OCC2c3ccccc3-c3ccccc32)C(=O)O)O[C@@H]2COC(c3ccccc3)O[C@@H]2[C@@H]1O[C@@H]1O[C@H](COCc2ccccc2)C2OC(=O)[C@]3(C[C@H](OCc4ccccc4)[C@@H](NC(C)=O)[C@H]([C@H](OCc4ccccc4)[C@@H](COCc4ccccc4)OCc4ccccc4)O3)OC2[C@H]1OCc1ccccc1. The highest BCUT2D eigenvalue weighted by Crippen LogP contribution is 2.48. The fourth-order valence-electron chi connectivity index (χ4n) is 15.9. The highest BCUT2D eigenvalue weighted by atomic mass is 16.8. The van der Waals surface area contributed by atoms with Crippen LogP contribution >= 0.6 is 0 Å². The molecule has 0 radical (unpaired) electrons. The monoisotopic (exact) mass is 1590 g/mol. The maximum absolute atomic E-state index is 16.3. The topological polar surface area (TPSA) is 289 Å². The van der Waals surface area contributed by atoms with Gasteiger partial charge in [0.25, 0.3) is 5.79 Å². The Balaban J connectivity index is 0.805. The minimum Gasteiger partial charge on any atom is -0.480 e. The minimum absolute atomic E-state index is 0.0136. The lowest BCUT2D eigenvalue weighted by atomic mass is 9.86. The number of amides is 3. The van der Waals surface area contributed by atoms with E-state index in [0.717, 1.165) is 50.1 Å². The summed E-state index contributed by atoms with van der Waals surface area (Å²) in [4.78, 5) is 71.6. The summed E-state index contributed by atoms with van der Waals surface area (Å²) in [6.45, 7) is 1.49. The number of fused-ring (bicyclic) bond motifs is 5. The molecule has 0 aromatic heterocycles. The third-order valence-corrected chi connectivity index (χ3v) is 21.5. The van der Waals surface area contributed by atoms with Gasteiger partial charge >= 0.3 is 18.0 Å². The van der Waals surface area contributed by atoms with Gasteiger partial charge in [0, 0.05) is 31.7 Å². The molecular formula is C92H95N3O22. The maximum atomic E-state index is 16.3. The minimum atomic E-state index is -2.47. The number of hydrogen-bond acceptors (Lipinski definition) is 21. The molecule has 5 saturated heterocycles. The first-order valence-corrected chi connectivity index (χ1v) is 39.5. The zero-order chi connectivity index (χ0) is 80.5. The van der Waals surface area contributed by atoms with Gasteiger partial charge in [0.15, 0.2) is 31.0 Å². The molecule has 4 unspecified atom stereocenters. The van der Waals surface area contributed by atoms with Gasteiger partial charge in [0.05, 0.1) is 78.2 Å². The first-order chi connectivity index (χ1) is 57.3. The molecule has 3 amide bonds. The third-order valence-electron chi connectivity index (χ3n) is 21.5. The number of benzene rings is 9. The van der Waals surface area contributed by atoms with Crippen LogP contribution < -0.4 is 16.0 Å². The molecule has 25 nitrogen and oxygen atoms in total. The number of carboxylic acids is 1. The van der Waals surface area contributed by atoms with Gasteiger partial charge in [-0.15, -0.1) is 0 Å². The number of carbonyl (C=O) groups excluding carboxylic acids is 4. The summed E-state index contributed by atoms with van der Waals surface area (Å²) in [5.74, 6) is -6.31. The highest BCUT2D eigenvalue weighted by molar-refractivity contribution is 5.82. The number of hydrogen-bond donors (Lipinski definition) is 4. The standard InChI is InChI=1S/C92H95N3O22/c1-58(96)93-77-73(104-49-62-32-14-5-15-33-62)46-92(116-83(77)79(106-51-64-36-18-7-19-37-64)74(105-50-63-34-16-6-17-35-63)55-102-47-60-28-10-3-11-29-60)90(100)115-81-75(56-103-48-61-30-12-4-13-31-61)112-89(85(84(81)117-92)107-52-65-38-20-8-21-39-65)114-82-78(94-59(2)97)88(111-76-57-109-87(113-80(76)82)66-40-22-9-23-41-66)108-54-72(86(98)99)95-91(101)110-53-71-69-44-26-24-42-67(69)68-43-25-27-45-70(68)71/h3-45,71-85,87-89H,46-57H2,1-2H3,(H,93,96)(H,94,97)(H,95,101)(H,98,99)/t72?,73-,74+,75+,76+,77+,78+,79+,80-,81?,82+,83+,84?,85+,87?,88-,89-,92-/m0/s1. The highest BCUT2D eigenvalue weighted by Gasteiger charge is 2.66. The van der Waals surface area contributed by atoms with Gasteiger partial charge in [-0.3, -0.25) is 9.59 Å². The molecule has 6 aliphatic rings. The van der Waals surface area contributed by atoms with E-state index in [1.807, 2.05) is 261 Å². The molecule has 610 valence electrons. The zero-order valence-electron chi connectivity index (χ0n) is 64.7. The first-order valence-electron chi connectivity index (χ1n) is 39.5. The molecule has 15 rings (SSSR count). The predicted octanol–water partition coefficient (Wildman–Crippen LogP) is 11.5. The van der Waals surface area contributed by atoms with E-state index < -0.39 is 153 Å². The van der Waals surface area contributed by atoms with Crippen molar-refractivity contribution in [3.8, 4) is 11.1 Å². The third kappa shape index (κ3) is 20.4. The molecule has 9 aromatic carbocycles. The van der Waals surface area contributed by atoms with Crippen molar-refractivity contribution >= 4 is 29.8 Å². The van der Waals surface area contributed by atoms with Gasteiger partial charge in [-0.1, -0.05) is 261 Å². The summed E-state index contributed by atoms with van der Waals surface area (Å²) in [6, 6.07) is 77.5. The van der Waals surface area contributed by atoms with Crippen molar-refractivity contribution in [1.29, 1.82) is 0 Å². The molecule has 4 N–H and O–H groups in total. The average Bonchev–Trinajstić information content (AvgIpc) is 1.48. The van der Waals surface area contributed by atoms with Crippen LogP contribution in [0.4, 0.5) is 4.79 Å². The Kier molecular flexibility index (Phi) is 27.4. The number of carbonyl (C=O) groups is 5. The summed E-state index contributed by atoms with van der Waals surface area (Å²) in [6.07, 6.45) is -19.7. The van der Waals surface area contributed by atoms with Crippen LogP contribution in [0.1, 0.15) is 82.5 Å². The van der Waals surface area contributed by atoms with E-state index in [1.54, 1.807) is 0 Å². The molecule has 5 fully saturated rings. The van der Waals surface area contributed by atoms with Crippen molar-refractivity contribution in [1.82, 2.24) is 16.0 Å². The summed E-state index contributed by atoms with van der Waals surface area (Å²) < 4.78 is 111. The van der Waals surface area contributed by atoms with E-state index in [9.17, 15) is 24.3 Å². The van der Waals surface area contributed by atoms with Crippen molar-refractivity contribution in [2.24, 2.45) is 0 Å².